The Morgan fingerprint density at radius 3 is 2.57 bits per heavy atom. The minimum absolute atomic E-state index is 0.237. The molecule has 28 heavy (non-hydrogen) atoms. The van der Waals surface area contributed by atoms with Crippen LogP contribution in [0, 0.1) is 24.2 Å². The maximum absolute atomic E-state index is 6.15. The molecule has 0 amide bonds. The lowest BCUT2D eigenvalue weighted by atomic mass is 9.71. The van der Waals surface area contributed by atoms with Crippen molar-refractivity contribution in [2.45, 2.75) is 63.5 Å². The van der Waals surface area contributed by atoms with Crippen molar-refractivity contribution in [1.29, 1.82) is 0 Å². The lowest BCUT2D eigenvalue weighted by Gasteiger charge is -2.53. The highest BCUT2D eigenvalue weighted by Crippen LogP contribution is 2.51. The highest BCUT2D eigenvalue weighted by molar-refractivity contribution is 5.31. The zero-order valence-corrected chi connectivity index (χ0v) is 17.5. The van der Waals surface area contributed by atoms with Crippen molar-refractivity contribution < 1.29 is 9.47 Å². The number of nitrogens with zero attached hydrogens (tertiary/aromatic N) is 1. The first-order valence-corrected chi connectivity index (χ1v) is 10.7. The molecule has 3 nitrogen and oxygen atoms in total. The molecule has 1 aliphatic heterocycles. The minimum atomic E-state index is 0.237. The number of piperidine rings is 1. The summed E-state index contributed by atoms with van der Waals surface area (Å²) in [5.74, 6) is 5.85. The van der Waals surface area contributed by atoms with E-state index in [1.165, 1.54) is 38.5 Å². The molecule has 1 heterocycles. The number of methoxy groups -OCH3 is 1. The Labute approximate surface area is 171 Å². The van der Waals surface area contributed by atoms with Crippen molar-refractivity contribution in [3.8, 4) is 23.8 Å². The van der Waals surface area contributed by atoms with Gasteiger partial charge in [0.25, 0.3) is 0 Å². The van der Waals surface area contributed by atoms with Gasteiger partial charge < -0.3 is 9.47 Å². The van der Waals surface area contributed by atoms with Crippen molar-refractivity contribution in [1.82, 2.24) is 4.90 Å². The number of rotatable bonds is 8. The minimum Gasteiger partial charge on any atom is -0.497 e. The van der Waals surface area contributed by atoms with E-state index in [1.807, 2.05) is 24.3 Å². The van der Waals surface area contributed by atoms with E-state index in [0.29, 0.717) is 17.9 Å². The molecular weight excluding hydrogens is 346 g/mol. The fourth-order valence-corrected chi connectivity index (χ4v) is 5.71. The quantitative estimate of drug-likeness (QED) is 0.450. The van der Waals surface area contributed by atoms with Crippen molar-refractivity contribution in [3.05, 3.63) is 36.9 Å². The molecule has 1 spiro atoms. The summed E-state index contributed by atoms with van der Waals surface area (Å²) < 4.78 is 11.4. The second-order valence-electron chi connectivity index (χ2n) is 8.47. The normalized spacial score (nSPS) is 28.6. The molecule has 1 aliphatic carbocycles. The predicted octanol–water partition coefficient (Wildman–Crippen LogP) is 5.31. The molecule has 3 rings (SSSR count). The summed E-state index contributed by atoms with van der Waals surface area (Å²) in [6.45, 7) is 7.84. The second kappa shape index (κ2) is 9.52. The van der Waals surface area contributed by atoms with Gasteiger partial charge in [0.05, 0.1) is 20.3 Å². The van der Waals surface area contributed by atoms with Gasteiger partial charge in [-0.1, -0.05) is 31.8 Å². The molecule has 1 aromatic rings. The van der Waals surface area contributed by atoms with Crippen LogP contribution < -0.4 is 9.47 Å². The van der Waals surface area contributed by atoms with Crippen LogP contribution in [0.2, 0.25) is 0 Å². The predicted molar refractivity (Wildman–Crippen MR) is 116 cm³/mol. The number of ether oxygens (including phenoxy) is 2. The summed E-state index contributed by atoms with van der Waals surface area (Å²) in [7, 11) is 1.68. The van der Waals surface area contributed by atoms with Crippen LogP contribution in [-0.4, -0.2) is 36.7 Å². The van der Waals surface area contributed by atoms with E-state index in [4.69, 9.17) is 15.9 Å². The Morgan fingerprint density at radius 2 is 1.93 bits per heavy atom. The van der Waals surface area contributed by atoms with E-state index >= 15 is 0 Å². The molecule has 4 atom stereocenters. The van der Waals surface area contributed by atoms with E-state index in [-0.39, 0.29) is 5.54 Å². The number of hydrogen-bond donors (Lipinski definition) is 0. The van der Waals surface area contributed by atoms with Crippen LogP contribution in [0.15, 0.2) is 36.9 Å². The van der Waals surface area contributed by atoms with Crippen molar-refractivity contribution in [2.24, 2.45) is 11.8 Å². The maximum atomic E-state index is 6.15. The Balaban J connectivity index is 1.72. The molecule has 0 aromatic heterocycles. The molecule has 3 heteroatoms. The Morgan fingerprint density at radius 1 is 1.25 bits per heavy atom. The van der Waals surface area contributed by atoms with Gasteiger partial charge in [0.1, 0.15) is 11.5 Å². The highest BCUT2D eigenvalue weighted by atomic mass is 16.5. The second-order valence-corrected chi connectivity index (χ2v) is 8.47. The van der Waals surface area contributed by atoms with Gasteiger partial charge in [0.2, 0.25) is 0 Å². The zero-order valence-electron chi connectivity index (χ0n) is 17.5. The highest BCUT2D eigenvalue weighted by Gasteiger charge is 2.51. The first kappa shape index (κ1) is 20.8. The molecule has 152 valence electrons. The Kier molecular flexibility index (Phi) is 7.08. The maximum Gasteiger partial charge on any atom is 0.119 e. The van der Waals surface area contributed by atoms with E-state index < -0.39 is 0 Å². The monoisotopic (exact) mass is 381 g/mol. The lowest BCUT2D eigenvalue weighted by molar-refractivity contribution is -0.0361. The number of terminal acetylenes is 1. The standard InChI is InChI=1S/C25H35NO2/c1-5-9-21-10-7-16-25(26(21)18-6-2)17-8-11-24(25)20(3)19-28-23-14-12-22(27-4)13-15-23/h2,5,12-15,20-21,24H,1,7-11,16-19H2,3-4H3/t20-,21-,24+,25+/m0/s1. The van der Waals surface area contributed by atoms with Crippen LogP contribution in [0.25, 0.3) is 0 Å². The van der Waals surface area contributed by atoms with E-state index in [1.54, 1.807) is 7.11 Å². The first-order chi connectivity index (χ1) is 13.6. The van der Waals surface area contributed by atoms with Crippen LogP contribution in [0.4, 0.5) is 0 Å². The van der Waals surface area contributed by atoms with E-state index in [9.17, 15) is 0 Å². The molecule has 0 unspecified atom stereocenters. The van der Waals surface area contributed by atoms with Gasteiger partial charge in [0.15, 0.2) is 0 Å². The molecule has 0 bridgehead atoms. The van der Waals surface area contributed by atoms with Crippen molar-refractivity contribution >= 4 is 0 Å². The van der Waals surface area contributed by atoms with Gasteiger partial charge in [-0.3, -0.25) is 4.90 Å². The SMILES string of the molecule is C#CCN1[C@@H](CC=C)CCC[C@]12CCC[C@@H]2[C@@H](C)COc1ccc(OC)cc1. The molecule has 0 radical (unpaired) electrons. The smallest absolute Gasteiger partial charge is 0.119 e. The number of likely N-dealkylation sites (tertiary alicyclic amines) is 1. The molecule has 1 saturated heterocycles. The van der Waals surface area contributed by atoms with Gasteiger partial charge in [-0.25, -0.2) is 0 Å². The van der Waals surface area contributed by atoms with Crippen LogP contribution in [-0.2, 0) is 0 Å². The fourth-order valence-electron chi connectivity index (χ4n) is 5.71. The number of hydrogen-bond acceptors (Lipinski definition) is 3. The van der Waals surface area contributed by atoms with Crippen LogP contribution in [0.3, 0.4) is 0 Å². The summed E-state index contributed by atoms with van der Waals surface area (Å²) in [6.07, 6.45) is 16.5. The molecule has 1 saturated carbocycles. The zero-order chi connectivity index (χ0) is 20.0. The molecule has 0 N–H and O–H groups in total. The Hall–Kier alpha value is -1.92. The molecular formula is C25H35NO2. The first-order valence-electron chi connectivity index (χ1n) is 10.7. The average molecular weight is 382 g/mol. The summed E-state index contributed by atoms with van der Waals surface area (Å²) in [5.41, 5.74) is 0.237. The third-order valence-corrected chi connectivity index (χ3v) is 6.93. The van der Waals surface area contributed by atoms with E-state index in [0.717, 1.165) is 31.1 Å². The lowest BCUT2D eigenvalue weighted by Crippen LogP contribution is -2.59. The summed E-state index contributed by atoms with van der Waals surface area (Å²) >= 11 is 0. The largest absolute Gasteiger partial charge is 0.497 e. The third-order valence-electron chi connectivity index (χ3n) is 6.93. The molecule has 1 aromatic carbocycles. The summed E-state index contributed by atoms with van der Waals surface area (Å²) in [5, 5.41) is 0. The van der Waals surface area contributed by atoms with E-state index in [2.05, 4.69) is 30.4 Å². The van der Waals surface area contributed by atoms with Crippen LogP contribution in [0.1, 0.15) is 51.9 Å². The summed E-state index contributed by atoms with van der Waals surface area (Å²) in [4.78, 5) is 2.67. The van der Waals surface area contributed by atoms with Gasteiger partial charge >= 0.3 is 0 Å². The third kappa shape index (κ3) is 4.23. The van der Waals surface area contributed by atoms with Crippen LogP contribution in [0.5, 0.6) is 11.5 Å². The molecule has 2 aliphatic rings. The Bertz CT molecular complexity index is 677. The molecule has 2 fully saturated rings. The van der Waals surface area contributed by atoms with Crippen molar-refractivity contribution in [3.63, 3.8) is 0 Å². The fraction of sp³-hybridized carbons (Fsp3) is 0.600. The van der Waals surface area contributed by atoms with Gasteiger partial charge in [-0.05, 0) is 68.2 Å². The van der Waals surface area contributed by atoms with Crippen LogP contribution >= 0.6 is 0 Å². The van der Waals surface area contributed by atoms with Gasteiger partial charge in [0, 0.05) is 11.6 Å². The van der Waals surface area contributed by atoms with Gasteiger partial charge in [-0.2, -0.15) is 0 Å². The number of benzene rings is 1. The average Bonchev–Trinajstić information content (AvgIpc) is 3.13. The van der Waals surface area contributed by atoms with Gasteiger partial charge in [-0.15, -0.1) is 13.0 Å². The van der Waals surface area contributed by atoms with Crippen molar-refractivity contribution in [2.75, 3.05) is 20.3 Å². The summed E-state index contributed by atoms with van der Waals surface area (Å²) in [6, 6.07) is 8.42. The topological polar surface area (TPSA) is 21.7 Å².